The summed E-state index contributed by atoms with van der Waals surface area (Å²) >= 11 is 0. The van der Waals surface area contributed by atoms with Gasteiger partial charge in [0.25, 0.3) is 0 Å². The lowest BCUT2D eigenvalue weighted by Gasteiger charge is -2.36. The highest BCUT2D eigenvalue weighted by atomic mass is 19.2. The molecule has 3 heteroatoms. The van der Waals surface area contributed by atoms with Crippen molar-refractivity contribution >= 4 is 0 Å². The van der Waals surface area contributed by atoms with Crippen LogP contribution in [0.3, 0.4) is 0 Å². The van der Waals surface area contributed by atoms with Crippen LogP contribution in [0.25, 0.3) is 0 Å². The Labute approximate surface area is 126 Å². The van der Waals surface area contributed by atoms with Gasteiger partial charge in [-0.2, -0.15) is 0 Å². The van der Waals surface area contributed by atoms with Crippen LogP contribution in [0.15, 0.2) is 18.2 Å². The zero-order chi connectivity index (χ0) is 15.3. The van der Waals surface area contributed by atoms with E-state index in [1.165, 1.54) is 44.2 Å². The van der Waals surface area contributed by atoms with E-state index < -0.39 is 17.2 Å². The molecule has 1 fully saturated rings. The Morgan fingerprint density at radius 2 is 1.86 bits per heavy atom. The molecule has 0 spiro atoms. The van der Waals surface area contributed by atoms with E-state index in [1.54, 1.807) is 0 Å². The van der Waals surface area contributed by atoms with E-state index in [0.29, 0.717) is 18.8 Å². The van der Waals surface area contributed by atoms with Crippen molar-refractivity contribution < 1.29 is 13.9 Å². The van der Waals surface area contributed by atoms with Gasteiger partial charge in [0.05, 0.1) is 5.60 Å². The van der Waals surface area contributed by atoms with Gasteiger partial charge in [-0.25, -0.2) is 8.78 Å². The van der Waals surface area contributed by atoms with Crippen molar-refractivity contribution in [1.82, 2.24) is 0 Å². The maximum Gasteiger partial charge on any atom is 0.164 e. The fourth-order valence-corrected chi connectivity index (χ4v) is 3.44. The number of unbranched alkanes of at least 4 members (excludes halogenated alkanes) is 3. The first-order valence-electron chi connectivity index (χ1n) is 8.23. The van der Waals surface area contributed by atoms with E-state index in [2.05, 4.69) is 6.92 Å². The zero-order valence-corrected chi connectivity index (χ0v) is 12.9. The van der Waals surface area contributed by atoms with Crippen LogP contribution in [0.5, 0.6) is 0 Å². The molecule has 1 aliphatic carbocycles. The van der Waals surface area contributed by atoms with Crippen LogP contribution in [-0.4, -0.2) is 5.11 Å². The first-order valence-corrected chi connectivity index (χ1v) is 8.23. The quantitative estimate of drug-likeness (QED) is 0.705. The van der Waals surface area contributed by atoms with Crippen LogP contribution < -0.4 is 0 Å². The molecule has 0 bridgehead atoms. The molecule has 1 N–H and O–H groups in total. The van der Waals surface area contributed by atoms with Crippen LogP contribution in [0.1, 0.15) is 70.3 Å². The SMILES string of the molecule is CCCCCCC1CCC(O)(c2cccc(F)c2F)CC1. The Kier molecular flexibility index (Phi) is 5.74. The molecule has 0 saturated heterocycles. The summed E-state index contributed by atoms with van der Waals surface area (Å²) in [5, 5.41) is 10.7. The summed E-state index contributed by atoms with van der Waals surface area (Å²) in [5.74, 6) is -1.14. The number of aliphatic hydroxyl groups is 1. The van der Waals surface area contributed by atoms with Gasteiger partial charge in [-0.1, -0.05) is 51.2 Å². The largest absolute Gasteiger partial charge is 0.385 e. The molecular formula is C18H26F2O. The summed E-state index contributed by atoms with van der Waals surface area (Å²) in [5.41, 5.74) is -1.06. The third-order valence-corrected chi connectivity index (χ3v) is 4.85. The molecule has 2 rings (SSSR count). The molecule has 0 aromatic heterocycles. The van der Waals surface area contributed by atoms with Crippen molar-refractivity contribution in [3.05, 3.63) is 35.4 Å². The zero-order valence-electron chi connectivity index (χ0n) is 12.9. The van der Waals surface area contributed by atoms with Gasteiger partial charge >= 0.3 is 0 Å². The molecular weight excluding hydrogens is 270 g/mol. The van der Waals surface area contributed by atoms with Crippen LogP contribution >= 0.6 is 0 Å². The maximum atomic E-state index is 13.9. The lowest BCUT2D eigenvalue weighted by atomic mass is 9.73. The molecule has 1 aliphatic rings. The van der Waals surface area contributed by atoms with Crippen molar-refractivity contribution in [3.63, 3.8) is 0 Å². The van der Waals surface area contributed by atoms with Gasteiger partial charge in [0, 0.05) is 5.56 Å². The molecule has 0 aliphatic heterocycles. The van der Waals surface area contributed by atoms with Crippen LogP contribution in [-0.2, 0) is 5.60 Å². The Morgan fingerprint density at radius 1 is 1.14 bits per heavy atom. The molecule has 0 unspecified atom stereocenters. The third-order valence-electron chi connectivity index (χ3n) is 4.85. The third kappa shape index (κ3) is 4.03. The summed E-state index contributed by atoms with van der Waals surface area (Å²) < 4.78 is 27.2. The standard InChI is InChI=1S/C18H26F2O/c1-2-3-4-5-7-14-10-12-18(21,13-11-14)15-8-6-9-16(19)17(15)20/h6,8-9,14,21H,2-5,7,10-13H2,1H3. The van der Waals surface area contributed by atoms with Gasteiger partial charge in [0.1, 0.15) is 0 Å². The molecule has 21 heavy (non-hydrogen) atoms. The molecule has 0 amide bonds. The summed E-state index contributed by atoms with van der Waals surface area (Å²) in [6.07, 6.45) is 9.10. The van der Waals surface area contributed by atoms with Crippen LogP contribution in [0.4, 0.5) is 8.78 Å². The Morgan fingerprint density at radius 3 is 2.52 bits per heavy atom. The highest BCUT2D eigenvalue weighted by molar-refractivity contribution is 5.26. The average Bonchev–Trinajstić information content (AvgIpc) is 2.48. The van der Waals surface area contributed by atoms with Crippen molar-refractivity contribution in [1.29, 1.82) is 0 Å². The van der Waals surface area contributed by atoms with Gasteiger partial charge in [0.15, 0.2) is 11.6 Å². The van der Waals surface area contributed by atoms with Crippen molar-refractivity contribution in [2.24, 2.45) is 5.92 Å². The second-order valence-corrected chi connectivity index (χ2v) is 6.43. The van der Waals surface area contributed by atoms with E-state index >= 15 is 0 Å². The summed E-state index contributed by atoms with van der Waals surface area (Å²) in [4.78, 5) is 0. The number of hydrogen-bond donors (Lipinski definition) is 1. The molecule has 1 aromatic rings. The molecule has 1 nitrogen and oxygen atoms in total. The van der Waals surface area contributed by atoms with E-state index in [4.69, 9.17) is 0 Å². The fourth-order valence-electron chi connectivity index (χ4n) is 3.44. The lowest BCUT2D eigenvalue weighted by Crippen LogP contribution is -2.32. The van der Waals surface area contributed by atoms with E-state index in [1.807, 2.05) is 0 Å². The summed E-state index contributed by atoms with van der Waals surface area (Å²) in [6, 6.07) is 4.09. The fraction of sp³-hybridized carbons (Fsp3) is 0.667. The molecule has 1 saturated carbocycles. The number of benzene rings is 1. The normalized spacial score (nSPS) is 26.0. The molecule has 0 heterocycles. The Balaban J connectivity index is 1.91. The monoisotopic (exact) mass is 296 g/mol. The minimum Gasteiger partial charge on any atom is -0.385 e. The van der Waals surface area contributed by atoms with E-state index in [-0.39, 0.29) is 5.56 Å². The molecule has 0 radical (unpaired) electrons. The summed E-state index contributed by atoms with van der Waals surface area (Å²) in [7, 11) is 0. The topological polar surface area (TPSA) is 20.2 Å². The predicted octanol–water partition coefficient (Wildman–Crippen LogP) is 5.31. The van der Waals surface area contributed by atoms with E-state index in [0.717, 1.165) is 18.9 Å². The lowest BCUT2D eigenvalue weighted by molar-refractivity contribution is -0.0187. The summed E-state index contributed by atoms with van der Waals surface area (Å²) in [6.45, 7) is 2.20. The van der Waals surface area contributed by atoms with Gasteiger partial charge in [-0.3, -0.25) is 0 Å². The van der Waals surface area contributed by atoms with Crippen molar-refractivity contribution in [3.8, 4) is 0 Å². The second-order valence-electron chi connectivity index (χ2n) is 6.43. The number of halogens is 2. The highest BCUT2D eigenvalue weighted by Gasteiger charge is 2.37. The first kappa shape index (κ1) is 16.4. The van der Waals surface area contributed by atoms with Crippen LogP contribution in [0, 0.1) is 17.6 Å². The predicted molar refractivity (Wildman–Crippen MR) is 81.0 cm³/mol. The number of hydrogen-bond acceptors (Lipinski definition) is 1. The van der Waals surface area contributed by atoms with Crippen molar-refractivity contribution in [2.75, 3.05) is 0 Å². The smallest absolute Gasteiger partial charge is 0.164 e. The second kappa shape index (κ2) is 7.35. The molecule has 118 valence electrons. The minimum absolute atomic E-state index is 0.131. The first-order chi connectivity index (χ1) is 10.1. The van der Waals surface area contributed by atoms with Crippen LogP contribution in [0.2, 0.25) is 0 Å². The highest BCUT2D eigenvalue weighted by Crippen LogP contribution is 2.42. The van der Waals surface area contributed by atoms with Crippen molar-refractivity contribution in [2.45, 2.75) is 70.3 Å². The van der Waals surface area contributed by atoms with E-state index in [9.17, 15) is 13.9 Å². The molecule has 0 atom stereocenters. The van der Waals surface area contributed by atoms with Gasteiger partial charge < -0.3 is 5.11 Å². The van der Waals surface area contributed by atoms with Gasteiger partial charge in [-0.15, -0.1) is 0 Å². The Bertz CT molecular complexity index is 451. The van der Waals surface area contributed by atoms with Gasteiger partial charge in [0.2, 0.25) is 0 Å². The maximum absolute atomic E-state index is 13.9. The average molecular weight is 296 g/mol. The molecule has 1 aromatic carbocycles. The number of rotatable bonds is 6. The van der Waals surface area contributed by atoms with Gasteiger partial charge in [-0.05, 0) is 37.7 Å². The minimum atomic E-state index is -1.19. The Hall–Kier alpha value is -0.960.